The fourth-order valence-electron chi connectivity index (χ4n) is 8.23. The summed E-state index contributed by atoms with van der Waals surface area (Å²) in [7, 11) is 1.74. The lowest BCUT2D eigenvalue weighted by atomic mass is 9.50. The minimum absolute atomic E-state index is 0.174. The minimum atomic E-state index is -4.42. The second-order valence-corrected chi connectivity index (χ2v) is 12.4. The smallest absolute Gasteiger partial charge is 0.416 e. The van der Waals surface area contributed by atoms with Crippen LogP contribution in [-0.4, -0.2) is 59.1 Å². The zero-order valence-electron chi connectivity index (χ0n) is 22.7. The van der Waals surface area contributed by atoms with Gasteiger partial charge in [-0.2, -0.15) is 13.2 Å². The van der Waals surface area contributed by atoms with Crippen molar-refractivity contribution in [3.05, 3.63) is 58.1 Å². The fourth-order valence-corrected chi connectivity index (χ4v) is 8.23. The van der Waals surface area contributed by atoms with Gasteiger partial charge in [0.05, 0.1) is 11.6 Å². The third-order valence-corrected chi connectivity index (χ3v) is 10.3. The summed E-state index contributed by atoms with van der Waals surface area (Å²) in [6.45, 7) is 4.22. The molecule has 2 aliphatic heterocycles. The molecular weight excluding hydrogens is 517 g/mol. The molecule has 1 spiro atoms. The van der Waals surface area contributed by atoms with Gasteiger partial charge in [0.25, 0.3) is 5.91 Å². The van der Waals surface area contributed by atoms with E-state index in [0.717, 1.165) is 62.4 Å². The fraction of sp³-hybridized carbons (Fsp3) is 0.531. The predicted octanol–water partition coefficient (Wildman–Crippen LogP) is 5.05. The molecule has 8 heteroatoms. The molecule has 7 rings (SSSR count). The first kappa shape index (κ1) is 25.8. The lowest BCUT2D eigenvalue weighted by Gasteiger charge is -2.60. The molecule has 2 bridgehead atoms. The van der Waals surface area contributed by atoms with Gasteiger partial charge in [-0.1, -0.05) is 5.92 Å². The van der Waals surface area contributed by atoms with E-state index in [1.807, 2.05) is 6.07 Å². The molecule has 1 N–H and O–H groups in total. The van der Waals surface area contributed by atoms with Crippen molar-refractivity contribution in [2.24, 2.45) is 11.8 Å². The van der Waals surface area contributed by atoms with Gasteiger partial charge in [0.1, 0.15) is 6.10 Å². The number of ether oxygens (including phenoxy) is 1. The van der Waals surface area contributed by atoms with Gasteiger partial charge < -0.3 is 14.7 Å². The summed E-state index contributed by atoms with van der Waals surface area (Å²) >= 11 is 0. The normalized spacial score (nSPS) is 30.1. The topological polar surface area (TPSA) is 53.0 Å². The molecule has 3 aliphatic carbocycles. The average molecular weight is 551 g/mol. The molecule has 210 valence electrons. The summed E-state index contributed by atoms with van der Waals surface area (Å²) in [5.41, 5.74) is 2.92. The molecule has 0 aromatic heterocycles. The molecular formula is C32H33F3N2O3. The van der Waals surface area contributed by atoms with Crippen molar-refractivity contribution in [3.63, 3.8) is 0 Å². The third-order valence-electron chi connectivity index (χ3n) is 10.3. The first-order chi connectivity index (χ1) is 19.1. The molecule has 1 saturated heterocycles. The number of rotatable bonds is 3. The Bertz CT molecular complexity index is 1440. The number of likely N-dealkylation sites (N-methyl/N-ethyl adjacent to an activating group) is 1. The first-order valence-corrected chi connectivity index (χ1v) is 14.3. The second kappa shape index (κ2) is 8.91. The number of carbonyl (C=O) groups is 1. The van der Waals surface area contributed by atoms with E-state index in [9.17, 15) is 23.1 Å². The van der Waals surface area contributed by atoms with E-state index in [1.54, 1.807) is 11.9 Å². The van der Waals surface area contributed by atoms with Crippen LogP contribution in [0.3, 0.4) is 0 Å². The van der Waals surface area contributed by atoms with E-state index >= 15 is 0 Å². The molecule has 1 amide bonds. The predicted molar refractivity (Wildman–Crippen MR) is 143 cm³/mol. The van der Waals surface area contributed by atoms with E-state index in [-0.39, 0.29) is 23.3 Å². The lowest BCUT2D eigenvalue weighted by Crippen LogP contribution is -2.69. The van der Waals surface area contributed by atoms with Crippen molar-refractivity contribution in [1.82, 2.24) is 9.80 Å². The van der Waals surface area contributed by atoms with Gasteiger partial charge in [0.2, 0.25) is 0 Å². The maximum absolute atomic E-state index is 13.3. The van der Waals surface area contributed by atoms with E-state index in [4.69, 9.17) is 4.74 Å². The van der Waals surface area contributed by atoms with Crippen molar-refractivity contribution >= 4 is 5.91 Å². The van der Waals surface area contributed by atoms with Gasteiger partial charge in [0.15, 0.2) is 11.5 Å². The summed E-state index contributed by atoms with van der Waals surface area (Å²) in [4.78, 5) is 17.7. The lowest BCUT2D eigenvalue weighted by molar-refractivity contribution is -0.137. The number of carbonyl (C=O) groups excluding carboxylic acids is 1. The number of piperidine rings is 1. The Hall–Kier alpha value is -3.18. The van der Waals surface area contributed by atoms with Crippen LogP contribution in [0.4, 0.5) is 13.2 Å². The maximum Gasteiger partial charge on any atom is 0.416 e. The Morgan fingerprint density at radius 3 is 2.65 bits per heavy atom. The standard InChI is InChI=1S/C32H33F3N2O3/c1-18-15-26(38)29-28-22(18)16-25-23-10-11-24(30(40-29)31(23,28)13-14-37(25)17-20-3-4-20)36(2)27(39)12-7-19-5-8-21(9-6-19)32(33,34)35/h5-6,8-9,15,20,23-25,30,38H,3-4,10-11,13-14,16-17H2,1-2H3/t23-,24-,25+,30-,31-/m0/s1. The molecule has 5 atom stereocenters. The highest BCUT2D eigenvalue weighted by molar-refractivity contribution is 5.94. The van der Waals surface area contributed by atoms with E-state index < -0.39 is 17.6 Å². The van der Waals surface area contributed by atoms with Crippen LogP contribution in [0.1, 0.15) is 59.9 Å². The highest BCUT2D eigenvalue weighted by atomic mass is 19.4. The number of likely N-dealkylation sites (tertiary alicyclic amines) is 1. The van der Waals surface area contributed by atoms with Gasteiger partial charge in [-0.05, 0) is 105 Å². The number of phenols is 1. The number of hydrogen-bond donors (Lipinski definition) is 1. The van der Waals surface area contributed by atoms with E-state index in [1.165, 1.54) is 36.1 Å². The van der Waals surface area contributed by atoms with E-state index in [2.05, 4.69) is 23.7 Å². The van der Waals surface area contributed by atoms with Crippen molar-refractivity contribution in [2.75, 3.05) is 20.1 Å². The molecule has 2 aromatic carbocycles. The Kier molecular flexibility index (Phi) is 5.74. The van der Waals surface area contributed by atoms with Gasteiger partial charge in [-0.15, -0.1) is 0 Å². The van der Waals surface area contributed by atoms with Crippen LogP contribution >= 0.6 is 0 Å². The van der Waals surface area contributed by atoms with Gasteiger partial charge >= 0.3 is 6.18 Å². The highest BCUT2D eigenvalue weighted by Gasteiger charge is 2.66. The average Bonchev–Trinajstić information content (AvgIpc) is 3.67. The number of benzene rings is 2. The summed E-state index contributed by atoms with van der Waals surface area (Å²) in [6.07, 6.45) is 1.60. The number of aromatic hydroxyl groups is 1. The van der Waals surface area contributed by atoms with Crippen LogP contribution in [0.5, 0.6) is 11.5 Å². The number of amides is 1. The largest absolute Gasteiger partial charge is 0.504 e. The third kappa shape index (κ3) is 3.84. The number of alkyl halides is 3. The van der Waals surface area contributed by atoms with Crippen LogP contribution in [0.2, 0.25) is 0 Å². The Balaban J connectivity index is 1.20. The van der Waals surface area contributed by atoms with Crippen molar-refractivity contribution < 1.29 is 27.8 Å². The van der Waals surface area contributed by atoms with Crippen molar-refractivity contribution in [3.8, 4) is 23.3 Å². The van der Waals surface area contributed by atoms with Gasteiger partial charge in [0, 0.05) is 42.1 Å². The Morgan fingerprint density at radius 1 is 1.20 bits per heavy atom. The molecule has 3 fully saturated rings. The van der Waals surface area contributed by atoms with Gasteiger partial charge in [-0.3, -0.25) is 9.69 Å². The number of nitrogens with zero attached hydrogens (tertiary/aromatic N) is 2. The highest BCUT2D eigenvalue weighted by Crippen LogP contribution is 2.64. The summed E-state index contributed by atoms with van der Waals surface area (Å²) in [5, 5.41) is 11.0. The van der Waals surface area contributed by atoms with Crippen LogP contribution in [-0.2, 0) is 22.8 Å². The number of phenolic OH excluding ortho intramolecular Hbond substituents is 1. The molecule has 2 aromatic rings. The minimum Gasteiger partial charge on any atom is -0.504 e. The molecule has 5 nitrogen and oxygen atoms in total. The van der Waals surface area contributed by atoms with Crippen LogP contribution in [0.25, 0.3) is 0 Å². The molecule has 5 aliphatic rings. The molecule has 0 radical (unpaired) electrons. The summed E-state index contributed by atoms with van der Waals surface area (Å²) < 4.78 is 45.4. The molecule has 0 unspecified atom stereocenters. The zero-order chi connectivity index (χ0) is 28.0. The Labute approximate surface area is 232 Å². The monoisotopic (exact) mass is 550 g/mol. The first-order valence-electron chi connectivity index (χ1n) is 14.3. The second-order valence-electron chi connectivity index (χ2n) is 12.4. The zero-order valence-corrected chi connectivity index (χ0v) is 22.7. The summed E-state index contributed by atoms with van der Waals surface area (Å²) in [6, 6.07) is 6.56. The number of halogens is 3. The molecule has 2 heterocycles. The van der Waals surface area contributed by atoms with Crippen molar-refractivity contribution in [1.29, 1.82) is 0 Å². The number of hydrogen-bond acceptors (Lipinski definition) is 4. The van der Waals surface area contributed by atoms with Crippen LogP contribution < -0.4 is 4.74 Å². The molecule has 40 heavy (non-hydrogen) atoms. The SMILES string of the molecule is Cc1cc(O)c2c3c1C[C@@H]1[C@@H]4CC[C@H](N(C)C(=O)C#Cc5ccc(C(F)(F)F)cc5)[C@H](O2)[C@]34CCN1CC1CC1. The Morgan fingerprint density at radius 2 is 1.95 bits per heavy atom. The quantitative estimate of drug-likeness (QED) is 0.544. The summed E-state index contributed by atoms with van der Waals surface area (Å²) in [5.74, 6) is 6.97. The van der Waals surface area contributed by atoms with Gasteiger partial charge in [-0.25, -0.2) is 0 Å². The van der Waals surface area contributed by atoms with Crippen LogP contribution in [0.15, 0.2) is 30.3 Å². The van der Waals surface area contributed by atoms with E-state index in [0.29, 0.717) is 23.3 Å². The van der Waals surface area contributed by atoms with Crippen molar-refractivity contribution in [2.45, 2.75) is 75.2 Å². The maximum atomic E-state index is 13.3. The molecule has 2 saturated carbocycles. The number of aryl methyl sites for hydroxylation is 1. The van der Waals surface area contributed by atoms with Crippen LogP contribution in [0, 0.1) is 30.6 Å².